The van der Waals surface area contributed by atoms with Gasteiger partial charge in [-0.1, -0.05) is 42.8 Å². The van der Waals surface area contributed by atoms with Crippen LogP contribution in [0.4, 0.5) is 0 Å². The molecule has 0 bridgehead atoms. The van der Waals surface area contributed by atoms with Gasteiger partial charge in [0, 0.05) is 23.1 Å². The maximum Gasteiger partial charge on any atom is 0.119 e. The van der Waals surface area contributed by atoms with Crippen LogP contribution in [0.25, 0.3) is 0 Å². The van der Waals surface area contributed by atoms with E-state index >= 15 is 0 Å². The third-order valence-corrected chi connectivity index (χ3v) is 5.05. The zero-order valence-corrected chi connectivity index (χ0v) is 14.9. The van der Waals surface area contributed by atoms with Gasteiger partial charge in [0.05, 0.1) is 0 Å². The Balaban J connectivity index is 0.00000208. The Morgan fingerprint density at radius 1 is 0.958 bits per heavy atom. The van der Waals surface area contributed by atoms with E-state index in [4.69, 9.17) is 0 Å². The predicted octanol–water partition coefficient (Wildman–Crippen LogP) is 4.53. The van der Waals surface area contributed by atoms with Gasteiger partial charge in [-0.15, -0.1) is 12.4 Å². The van der Waals surface area contributed by atoms with Crippen molar-refractivity contribution in [1.29, 1.82) is 0 Å². The molecule has 1 fully saturated rings. The van der Waals surface area contributed by atoms with Crippen molar-refractivity contribution in [2.24, 2.45) is 0 Å². The van der Waals surface area contributed by atoms with Crippen molar-refractivity contribution >= 4 is 12.4 Å². The molecule has 1 aliphatic heterocycles. The first kappa shape index (κ1) is 18.6. The summed E-state index contributed by atoms with van der Waals surface area (Å²) in [7, 11) is 2.18. The van der Waals surface area contributed by atoms with Crippen LogP contribution in [0, 0.1) is 0 Å². The molecule has 130 valence electrons. The van der Waals surface area contributed by atoms with Crippen LogP contribution < -0.4 is 0 Å². The molecule has 2 N–H and O–H groups in total. The third-order valence-electron chi connectivity index (χ3n) is 5.05. The summed E-state index contributed by atoms with van der Waals surface area (Å²) in [5.41, 5.74) is 1.79. The summed E-state index contributed by atoms with van der Waals surface area (Å²) < 4.78 is 0. The van der Waals surface area contributed by atoms with Gasteiger partial charge in [-0.25, -0.2) is 0 Å². The standard InChI is InChI=1S/C20H25NO2.ClH/c1-21-13-7-6-8-15(21)14-18(16-9-2-4-11-19(16)22)17-10-3-5-12-20(17)23;/h2-5,9-12,15,18,22-23H,6-8,13-14H2,1H3;1H. The fourth-order valence-corrected chi connectivity index (χ4v) is 3.70. The van der Waals surface area contributed by atoms with Crippen LogP contribution in [0.3, 0.4) is 0 Å². The first-order chi connectivity index (χ1) is 11.2. The number of aromatic hydroxyl groups is 2. The van der Waals surface area contributed by atoms with Gasteiger partial charge in [0.25, 0.3) is 0 Å². The van der Waals surface area contributed by atoms with Crippen molar-refractivity contribution in [2.75, 3.05) is 13.6 Å². The van der Waals surface area contributed by atoms with Crippen LogP contribution in [0.1, 0.15) is 42.7 Å². The van der Waals surface area contributed by atoms with E-state index in [2.05, 4.69) is 11.9 Å². The van der Waals surface area contributed by atoms with E-state index < -0.39 is 0 Å². The minimum Gasteiger partial charge on any atom is -0.508 e. The molecule has 0 spiro atoms. The second-order valence-electron chi connectivity index (χ2n) is 6.54. The average molecular weight is 348 g/mol. The van der Waals surface area contributed by atoms with E-state index in [0.717, 1.165) is 24.1 Å². The molecule has 1 heterocycles. The SMILES string of the molecule is CN1CCCCC1CC(c1ccccc1O)c1ccccc1O.Cl. The summed E-state index contributed by atoms with van der Waals surface area (Å²) in [6.07, 6.45) is 4.59. The Hall–Kier alpha value is -1.71. The Morgan fingerprint density at radius 3 is 2.00 bits per heavy atom. The highest BCUT2D eigenvalue weighted by atomic mass is 35.5. The summed E-state index contributed by atoms with van der Waals surface area (Å²) in [6.45, 7) is 1.12. The summed E-state index contributed by atoms with van der Waals surface area (Å²) in [4.78, 5) is 2.41. The number of para-hydroxylation sites is 2. The number of rotatable bonds is 4. The number of phenolic OH excluding ortho intramolecular Hbond substituents is 2. The molecule has 0 aliphatic carbocycles. The van der Waals surface area contributed by atoms with E-state index in [1.165, 1.54) is 19.3 Å². The molecule has 2 aromatic rings. The molecule has 2 aromatic carbocycles. The zero-order chi connectivity index (χ0) is 16.2. The van der Waals surface area contributed by atoms with Crippen LogP contribution >= 0.6 is 12.4 Å². The number of hydrogen-bond donors (Lipinski definition) is 2. The molecular formula is C20H26ClNO2. The second kappa shape index (κ2) is 8.41. The van der Waals surface area contributed by atoms with Crippen molar-refractivity contribution in [3.05, 3.63) is 59.7 Å². The fraction of sp³-hybridized carbons (Fsp3) is 0.400. The highest BCUT2D eigenvalue weighted by molar-refractivity contribution is 5.85. The van der Waals surface area contributed by atoms with Gasteiger partial charge in [0.15, 0.2) is 0 Å². The van der Waals surface area contributed by atoms with Crippen molar-refractivity contribution < 1.29 is 10.2 Å². The second-order valence-corrected chi connectivity index (χ2v) is 6.54. The molecule has 1 aliphatic rings. The summed E-state index contributed by atoms with van der Waals surface area (Å²) in [5, 5.41) is 20.7. The number of phenols is 2. The molecule has 0 amide bonds. The third kappa shape index (κ3) is 4.03. The van der Waals surface area contributed by atoms with Gasteiger partial charge in [-0.05, 0) is 45.0 Å². The maximum atomic E-state index is 10.3. The first-order valence-electron chi connectivity index (χ1n) is 8.43. The minimum absolute atomic E-state index is 0. The Morgan fingerprint density at radius 2 is 1.50 bits per heavy atom. The van der Waals surface area contributed by atoms with E-state index in [1.54, 1.807) is 12.1 Å². The number of nitrogens with zero attached hydrogens (tertiary/aromatic N) is 1. The lowest BCUT2D eigenvalue weighted by molar-refractivity contribution is 0.171. The molecular weight excluding hydrogens is 322 g/mol. The molecule has 3 nitrogen and oxygen atoms in total. The van der Waals surface area contributed by atoms with Crippen LogP contribution in [0.5, 0.6) is 11.5 Å². The largest absolute Gasteiger partial charge is 0.508 e. The molecule has 0 aromatic heterocycles. The number of halogens is 1. The number of likely N-dealkylation sites (tertiary alicyclic amines) is 1. The summed E-state index contributed by atoms with van der Waals surface area (Å²) >= 11 is 0. The molecule has 0 saturated carbocycles. The molecule has 1 atom stereocenters. The van der Waals surface area contributed by atoms with E-state index in [1.807, 2.05) is 36.4 Å². The number of piperidine rings is 1. The van der Waals surface area contributed by atoms with E-state index in [0.29, 0.717) is 17.5 Å². The molecule has 3 rings (SSSR count). The Kier molecular flexibility index (Phi) is 6.52. The molecule has 0 radical (unpaired) electrons. The van der Waals surface area contributed by atoms with Crippen molar-refractivity contribution in [2.45, 2.75) is 37.6 Å². The highest BCUT2D eigenvalue weighted by Crippen LogP contribution is 2.40. The van der Waals surface area contributed by atoms with Gasteiger partial charge < -0.3 is 15.1 Å². The highest BCUT2D eigenvalue weighted by Gasteiger charge is 2.27. The van der Waals surface area contributed by atoms with Gasteiger partial charge in [0.1, 0.15) is 11.5 Å². The number of benzene rings is 2. The number of hydrogen-bond acceptors (Lipinski definition) is 3. The van der Waals surface area contributed by atoms with Crippen molar-refractivity contribution in [1.82, 2.24) is 4.90 Å². The molecule has 1 saturated heterocycles. The van der Waals surface area contributed by atoms with Gasteiger partial charge in [0.2, 0.25) is 0 Å². The van der Waals surface area contributed by atoms with E-state index in [9.17, 15) is 10.2 Å². The van der Waals surface area contributed by atoms with Crippen LogP contribution in [0.15, 0.2) is 48.5 Å². The topological polar surface area (TPSA) is 43.7 Å². The van der Waals surface area contributed by atoms with Crippen LogP contribution in [0.2, 0.25) is 0 Å². The molecule has 1 unspecified atom stereocenters. The lowest BCUT2D eigenvalue weighted by Gasteiger charge is -2.35. The minimum atomic E-state index is 0. The van der Waals surface area contributed by atoms with Crippen molar-refractivity contribution in [3.8, 4) is 11.5 Å². The van der Waals surface area contributed by atoms with Gasteiger partial charge in [-0.3, -0.25) is 0 Å². The predicted molar refractivity (Wildman–Crippen MR) is 100 cm³/mol. The smallest absolute Gasteiger partial charge is 0.119 e. The average Bonchev–Trinajstić information content (AvgIpc) is 2.56. The fourth-order valence-electron chi connectivity index (χ4n) is 3.70. The van der Waals surface area contributed by atoms with Gasteiger partial charge in [-0.2, -0.15) is 0 Å². The first-order valence-corrected chi connectivity index (χ1v) is 8.43. The van der Waals surface area contributed by atoms with Gasteiger partial charge >= 0.3 is 0 Å². The van der Waals surface area contributed by atoms with Crippen LogP contribution in [-0.2, 0) is 0 Å². The van der Waals surface area contributed by atoms with E-state index in [-0.39, 0.29) is 18.3 Å². The quantitative estimate of drug-likeness (QED) is 0.854. The lowest BCUT2D eigenvalue weighted by Crippen LogP contribution is -2.37. The monoisotopic (exact) mass is 347 g/mol. The normalized spacial score (nSPS) is 18.3. The maximum absolute atomic E-state index is 10.3. The molecule has 4 heteroatoms. The Labute approximate surface area is 150 Å². The Bertz CT molecular complexity index is 616. The van der Waals surface area contributed by atoms with Crippen LogP contribution in [-0.4, -0.2) is 34.7 Å². The summed E-state index contributed by atoms with van der Waals surface area (Å²) in [6, 6.07) is 15.5. The lowest BCUT2D eigenvalue weighted by atomic mass is 9.82. The van der Waals surface area contributed by atoms with Crippen molar-refractivity contribution in [3.63, 3.8) is 0 Å². The summed E-state index contributed by atoms with van der Waals surface area (Å²) in [5.74, 6) is 0.612. The molecule has 24 heavy (non-hydrogen) atoms. The zero-order valence-electron chi connectivity index (χ0n) is 14.1.